The number of nitrogens with two attached hydrogens (primary N) is 1. The predicted molar refractivity (Wildman–Crippen MR) is 61.3 cm³/mol. The van der Waals surface area contributed by atoms with Crippen LogP contribution in [0.4, 0.5) is 4.79 Å². The normalized spacial score (nSPS) is 10.6. The van der Waals surface area contributed by atoms with Gasteiger partial charge in [-0.15, -0.1) is 0 Å². The highest BCUT2D eigenvalue weighted by Crippen LogP contribution is 2.25. The van der Waals surface area contributed by atoms with Gasteiger partial charge in [0.2, 0.25) is 0 Å². The third-order valence-corrected chi connectivity index (χ3v) is 2.28. The third kappa shape index (κ3) is 2.93. The van der Waals surface area contributed by atoms with Gasteiger partial charge < -0.3 is 15.4 Å². The first kappa shape index (κ1) is 12.4. The Morgan fingerprint density at radius 3 is 2.62 bits per heavy atom. The van der Waals surface area contributed by atoms with Gasteiger partial charge >= 0.3 is 6.09 Å². The molecule has 5 nitrogen and oxygen atoms in total. The van der Waals surface area contributed by atoms with Crippen LogP contribution < -0.4 is 10.5 Å². The molecule has 5 heteroatoms. The molecule has 1 aromatic heterocycles. The minimum atomic E-state index is -0.810. The smallest absolute Gasteiger partial charge is 0.408 e. The number of primary amides is 1. The maximum atomic E-state index is 10.8. The number of hydrogen-bond acceptors (Lipinski definition) is 4. The highest BCUT2D eigenvalue weighted by molar-refractivity contribution is 5.69. The van der Waals surface area contributed by atoms with Gasteiger partial charge in [-0.2, -0.15) is 0 Å². The lowest BCUT2D eigenvalue weighted by Gasteiger charge is -2.15. The number of carbonyl (C=O) groups is 1. The molecule has 2 N–H and O–H groups in total. The van der Waals surface area contributed by atoms with Crippen LogP contribution in [0.5, 0.6) is 5.75 Å². The average Bonchev–Trinajstić information content (AvgIpc) is 2.16. The molecule has 0 aliphatic carbocycles. The van der Waals surface area contributed by atoms with E-state index < -0.39 is 6.09 Å². The number of nitrogens with zero attached hydrogens (tertiary/aromatic N) is 2. The van der Waals surface area contributed by atoms with Crippen molar-refractivity contribution in [3.8, 4) is 5.75 Å². The van der Waals surface area contributed by atoms with Crippen molar-refractivity contribution in [2.45, 2.75) is 20.4 Å². The number of ether oxygens (including phenoxy) is 1. The fraction of sp³-hybridized carbons (Fsp3) is 0.455. The molecule has 0 bridgehead atoms. The molecule has 0 spiro atoms. The summed E-state index contributed by atoms with van der Waals surface area (Å²) in [4.78, 5) is 17.0. The van der Waals surface area contributed by atoms with Gasteiger partial charge in [0, 0.05) is 12.7 Å². The topological polar surface area (TPSA) is 68.5 Å². The summed E-state index contributed by atoms with van der Waals surface area (Å²) in [7, 11) is 3.84. The van der Waals surface area contributed by atoms with Crippen molar-refractivity contribution in [3.05, 3.63) is 23.0 Å². The Morgan fingerprint density at radius 1 is 1.50 bits per heavy atom. The number of pyridine rings is 1. The minimum absolute atomic E-state index is 0.473. The van der Waals surface area contributed by atoms with Crippen molar-refractivity contribution < 1.29 is 9.53 Å². The van der Waals surface area contributed by atoms with Crippen LogP contribution >= 0.6 is 0 Å². The molecule has 1 aromatic rings. The van der Waals surface area contributed by atoms with Crippen molar-refractivity contribution in [2.75, 3.05) is 14.1 Å². The predicted octanol–water partition coefficient (Wildman–Crippen LogP) is 1.22. The van der Waals surface area contributed by atoms with E-state index in [1.165, 1.54) is 0 Å². The van der Waals surface area contributed by atoms with Crippen LogP contribution in [0.25, 0.3) is 0 Å². The minimum Gasteiger partial charge on any atom is -0.408 e. The second-order valence-corrected chi connectivity index (χ2v) is 4.00. The van der Waals surface area contributed by atoms with E-state index in [2.05, 4.69) is 4.98 Å². The first-order valence-corrected chi connectivity index (χ1v) is 4.99. The van der Waals surface area contributed by atoms with Gasteiger partial charge in [-0.05, 0) is 39.1 Å². The molecular formula is C11H17N3O2. The molecule has 1 amide bonds. The first-order valence-electron chi connectivity index (χ1n) is 4.99. The summed E-state index contributed by atoms with van der Waals surface area (Å²) in [6.45, 7) is 4.40. The second-order valence-electron chi connectivity index (χ2n) is 4.00. The number of aryl methyl sites for hydroxylation is 1. The Labute approximate surface area is 95.2 Å². The van der Waals surface area contributed by atoms with Crippen molar-refractivity contribution in [2.24, 2.45) is 5.73 Å². The molecule has 0 radical (unpaired) electrons. The molecule has 0 aliphatic heterocycles. The van der Waals surface area contributed by atoms with Gasteiger partial charge in [0.25, 0.3) is 0 Å². The Kier molecular flexibility index (Phi) is 3.84. The molecular weight excluding hydrogens is 206 g/mol. The van der Waals surface area contributed by atoms with E-state index >= 15 is 0 Å². The standard InChI is InChI=1S/C11H17N3O2/c1-7-5-13-9(6-14(3)4)10(8(7)2)16-11(12)15/h5H,6H2,1-4H3,(H2,12,15). The van der Waals surface area contributed by atoms with Crippen LogP contribution in [0.15, 0.2) is 6.20 Å². The second kappa shape index (κ2) is 4.94. The number of amides is 1. The lowest BCUT2D eigenvalue weighted by atomic mass is 10.1. The van der Waals surface area contributed by atoms with Crippen LogP contribution in [0, 0.1) is 13.8 Å². The van der Waals surface area contributed by atoms with Crippen LogP contribution in [-0.2, 0) is 6.54 Å². The van der Waals surface area contributed by atoms with E-state index in [1.807, 2.05) is 32.8 Å². The third-order valence-electron chi connectivity index (χ3n) is 2.28. The van der Waals surface area contributed by atoms with Crippen molar-refractivity contribution in [1.82, 2.24) is 9.88 Å². The van der Waals surface area contributed by atoms with Gasteiger partial charge in [0.1, 0.15) is 0 Å². The maximum Gasteiger partial charge on any atom is 0.410 e. The summed E-state index contributed by atoms with van der Waals surface area (Å²) in [6, 6.07) is 0. The zero-order valence-electron chi connectivity index (χ0n) is 10.1. The fourth-order valence-corrected chi connectivity index (χ4v) is 1.37. The summed E-state index contributed by atoms with van der Waals surface area (Å²) in [5.41, 5.74) is 7.62. The molecule has 0 fully saturated rings. The molecule has 0 aromatic carbocycles. The number of aromatic nitrogens is 1. The molecule has 0 saturated carbocycles. The monoisotopic (exact) mass is 223 g/mol. The van der Waals surface area contributed by atoms with Crippen molar-refractivity contribution >= 4 is 6.09 Å². The molecule has 0 atom stereocenters. The Hall–Kier alpha value is -1.62. The average molecular weight is 223 g/mol. The molecule has 0 aliphatic rings. The van der Waals surface area contributed by atoms with E-state index in [1.54, 1.807) is 6.20 Å². The summed E-state index contributed by atoms with van der Waals surface area (Å²) >= 11 is 0. The fourth-order valence-electron chi connectivity index (χ4n) is 1.37. The Balaban J connectivity index is 3.15. The van der Waals surface area contributed by atoms with Crippen molar-refractivity contribution in [1.29, 1.82) is 0 Å². The van der Waals surface area contributed by atoms with Crippen molar-refractivity contribution in [3.63, 3.8) is 0 Å². The molecule has 1 rings (SSSR count). The van der Waals surface area contributed by atoms with Crippen LogP contribution in [-0.4, -0.2) is 30.1 Å². The maximum absolute atomic E-state index is 10.8. The molecule has 1 heterocycles. The summed E-state index contributed by atoms with van der Waals surface area (Å²) in [5.74, 6) is 0.473. The van der Waals surface area contributed by atoms with Gasteiger partial charge in [0.15, 0.2) is 5.75 Å². The van der Waals surface area contributed by atoms with E-state index in [-0.39, 0.29) is 0 Å². The van der Waals surface area contributed by atoms with E-state index in [4.69, 9.17) is 10.5 Å². The summed E-state index contributed by atoms with van der Waals surface area (Å²) < 4.78 is 5.01. The zero-order valence-corrected chi connectivity index (χ0v) is 10.1. The first-order chi connectivity index (χ1) is 7.41. The zero-order chi connectivity index (χ0) is 12.3. The van der Waals surface area contributed by atoms with Crippen LogP contribution in [0.1, 0.15) is 16.8 Å². The summed E-state index contributed by atoms with van der Waals surface area (Å²) in [6.07, 6.45) is 0.956. The lowest BCUT2D eigenvalue weighted by Crippen LogP contribution is -2.20. The molecule has 16 heavy (non-hydrogen) atoms. The Bertz CT molecular complexity index is 402. The van der Waals surface area contributed by atoms with Crippen LogP contribution in [0.3, 0.4) is 0 Å². The number of rotatable bonds is 3. The van der Waals surface area contributed by atoms with E-state index in [9.17, 15) is 4.79 Å². The lowest BCUT2D eigenvalue weighted by molar-refractivity contribution is 0.209. The quantitative estimate of drug-likeness (QED) is 0.836. The summed E-state index contributed by atoms with van der Waals surface area (Å²) in [5, 5.41) is 0. The van der Waals surface area contributed by atoms with E-state index in [0.29, 0.717) is 18.0 Å². The highest BCUT2D eigenvalue weighted by atomic mass is 16.5. The number of hydrogen-bond donors (Lipinski definition) is 1. The largest absolute Gasteiger partial charge is 0.410 e. The number of carbonyl (C=O) groups excluding carboxylic acids is 1. The van der Waals surface area contributed by atoms with Gasteiger partial charge in [-0.1, -0.05) is 0 Å². The SMILES string of the molecule is Cc1cnc(CN(C)C)c(OC(N)=O)c1C. The van der Waals surface area contributed by atoms with Crippen LogP contribution in [0.2, 0.25) is 0 Å². The molecule has 0 unspecified atom stereocenters. The van der Waals surface area contributed by atoms with Gasteiger partial charge in [0.05, 0.1) is 5.69 Å². The molecule has 88 valence electrons. The molecule has 0 saturated heterocycles. The van der Waals surface area contributed by atoms with Gasteiger partial charge in [-0.25, -0.2) is 4.79 Å². The Morgan fingerprint density at radius 2 is 2.12 bits per heavy atom. The van der Waals surface area contributed by atoms with E-state index in [0.717, 1.165) is 11.1 Å². The highest BCUT2D eigenvalue weighted by Gasteiger charge is 2.13. The van der Waals surface area contributed by atoms with Gasteiger partial charge in [-0.3, -0.25) is 4.98 Å².